The highest BCUT2D eigenvalue weighted by molar-refractivity contribution is 7.15. The van der Waals surface area contributed by atoms with E-state index in [1.807, 2.05) is 13.8 Å². The summed E-state index contributed by atoms with van der Waals surface area (Å²) in [6, 6.07) is 0.0855. The third-order valence-corrected chi connectivity index (χ3v) is 2.84. The van der Waals surface area contributed by atoms with Crippen LogP contribution in [-0.2, 0) is 6.54 Å². The van der Waals surface area contributed by atoms with Gasteiger partial charge in [-0.3, -0.25) is 4.90 Å². The van der Waals surface area contributed by atoms with E-state index in [-0.39, 0.29) is 25.0 Å². The first-order valence-corrected chi connectivity index (χ1v) is 5.53. The summed E-state index contributed by atoms with van der Waals surface area (Å²) in [6.45, 7) is 4.06. The van der Waals surface area contributed by atoms with Crippen LogP contribution < -0.4 is 5.73 Å². The summed E-state index contributed by atoms with van der Waals surface area (Å²) < 4.78 is 24.5. The maximum absolute atomic E-state index is 12.3. The van der Waals surface area contributed by atoms with Gasteiger partial charge < -0.3 is 5.73 Å². The van der Waals surface area contributed by atoms with Gasteiger partial charge in [-0.05, 0) is 13.8 Å². The summed E-state index contributed by atoms with van der Waals surface area (Å²) in [7, 11) is 0. The molecule has 1 rings (SSSR count). The van der Waals surface area contributed by atoms with Crippen molar-refractivity contribution in [1.82, 2.24) is 9.88 Å². The molecular weight excluding hydrogens is 256 g/mol. The molecule has 7 heteroatoms. The second-order valence-corrected chi connectivity index (χ2v) is 4.73. The van der Waals surface area contributed by atoms with Gasteiger partial charge in [-0.2, -0.15) is 0 Å². The number of rotatable bonds is 5. The van der Waals surface area contributed by atoms with Crippen molar-refractivity contribution >= 4 is 28.9 Å². The van der Waals surface area contributed by atoms with Crippen LogP contribution >= 0.6 is 23.7 Å². The minimum Gasteiger partial charge on any atom is -0.375 e. The molecule has 0 atom stereocenters. The standard InChI is InChI=1S/C9H15F2N3S.ClH/c1-6(2)14(5-8(10)11)4-7-3-13-9(12)15-7;/h3,6,8H,4-5H2,1-2H3,(H2,12,13);1H. The summed E-state index contributed by atoms with van der Waals surface area (Å²) in [4.78, 5) is 6.51. The zero-order valence-electron chi connectivity index (χ0n) is 9.19. The number of nitrogens with zero attached hydrogens (tertiary/aromatic N) is 2. The molecule has 0 aliphatic rings. The molecule has 0 aromatic carbocycles. The Morgan fingerprint density at radius 3 is 2.50 bits per heavy atom. The molecular formula is C9H16ClF2N3S. The van der Waals surface area contributed by atoms with Crippen LogP contribution in [0.3, 0.4) is 0 Å². The Labute approximate surface area is 104 Å². The Morgan fingerprint density at radius 2 is 2.12 bits per heavy atom. The predicted octanol–water partition coefficient (Wildman–Crippen LogP) is 2.62. The van der Waals surface area contributed by atoms with E-state index in [1.54, 1.807) is 11.1 Å². The smallest absolute Gasteiger partial charge is 0.251 e. The summed E-state index contributed by atoms with van der Waals surface area (Å²) in [5.74, 6) is 0. The van der Waals surface area contributed by atoms with E-state index in [0.717, 1.165) is 4.88 Å². The van der Waals surface area contributed by atoms with Gasteiger partial charge in [-0.25, -0.2) is 13.8 Å². The molecule has 1 aromatic heterocycles. The van der Waals surface area contributed by atoms with Crippen LogP contribution in [0, 0.1) is 0 Å². The minimum atomic E-state index is -2.31. The van der Waals surface area contributed by atoms with Crippen LogP contribution in [-0.4, -0.2) is 28.9 Å². The quantitative estimate of drug-likeness (QED) is 0.895. The molecule has 0 aliphatic heterocycles. The van der Waals surface area contributed by atoms with Crippen molar-refractivity contribution in [2.24, 2.45) is 0 Å². The number of hydrogen-bond donors (Lipinski definition) is 1. The largest absolute Gasteiger partial charge is 0.375 e. The summed E-state index contributed by atoms with van der Waals surface area (Å²) in [6.07, 6.45) is -0.668. The van der Waals surface area contributed by atoms with Gasteiger partial charge in [0.1, 0.15) is 0 Å². The molecule has 1 aromatic rings. The van der Waals surface area contributed by atoms with Crippen molar-refractivity contribution in [3.63, 3.8) is 0 Å². The maximum Gasteiger partial charge on any atom is 0.251 e. The van der Waals surface area contributed by atoms with E-state index in [2.05, 4.69) is 4.98 Å². The van der Waals surface area contributed by atoms with Gasteiger partial charge in [-0.1, -0.05) is 0 Å². The first-order chi connectivity index (χ1) is 6.99. The van der Waals surface area contributed by atoms with Crippen LogP contribution in [0.15, 0.2) is 6.20 Å². The number of hydrogen-bond acceptors (Lipinski definition) is 4. The number of nitrogen functional groups attached to an aromatic ring is 1. The monoisotopic (exact) mass is 271 g/mol. The van der Waals surface area contributed by atoms with Crippen molar-refractivity contribution in [3.8, 4) is 0 Å². The lowest BCUT2D eigenvalue weighted by Crippen LogP contribution is -2.34. The van der Waals surface area contributed by atoms with Crippen molar-refractivity contribution in [3.05, 3.63) is 11.1 Å². The third kappa shape index (κ3) is 5.05. The number of thiazole rings is 1. The number of halogens is 3. The maximum atomic E-state index is 12.3. The SMILES string of the molecule is CC(C)N(Cc1cnc(N)s1)CC(F)F.Cl. The highest BCUT2D eigenvalue weighted by Crippen LogP contribution is 2.18. The van der Waals surface area contributed by atoms with Crippen molar-refractivity contribution in [2.45, 2.75) is 32.9 Å². The fourth-order valence-electron chi connectivity index (χ4n) is 1.23. The average Bonchev–Trinajstić information content (AvgIpc) is 2.49. The van der Waals surface area contributed by atoms with Gasteiger partial charge in [0.2, 0.25) is 0 Å². The van der Waals surface area contributed by atoms with Gasteiger partial charge in [0.25, 0.3) is 6.43 Å². The fourth-order valence-corrected chi connectivity index (χ4v) is 1.94. The van der Waals surface area contributed by atoms with Gasteiger partial charge in [0, 0.05) is 23.7 Å². The van der Waals surface area contributed by atoms with Gasteiger partial charge in [0.05, 0.1) is 6.54 Å². The van der Waals surface area contributed by atoms with E-state index in [4.69, 9.17) is 5.73 Å². The van der Waals surface area contributed by atoms with Crippen LogP contribution in [0.2, 0.25) is 0 Å². The molecule has 0 saturated heterocycles. The second kappa shape index (κ2) is 6.98. The number of anilines is 1. The second-order valence-electron chi connectivity index (χ2n) is 3.58. The molecule has 0 spiro atoms. The molecule has 16 heavy (non-hydrogen) atoms. The third-order valence-electron chi connectivity index (χ3n) is 2.03. The molecule has 2 N–H and O–H groups in total. The van der Waals surface area contributed by atoms with E-state index < -0.39 is 6.43 Å². The molecule has 0 unspecified atom stereocenters. The van der Waals surface area contributed by atoms with Crippen molar-refractivity contribution in [2.75, 3.05) is 12.3 Å². The number of aromatic nitrogens is 1. The Hall–Kier alpha value is -0.460. The first-order valence-electron chi connectivity index (χ1n) is 4.71. The highest BCUT2D eigenvalue weighted by atomic mass is 35.5. The van der Waals surface area contributed by atoms with Crippen LogP contribution in [0.25, 0.3) is 0 Å². The average molecular weight is 272 g/mol. The Bertz CT molecular complexity index is 307. The molecule has 0 amide bonds. The summed E-state index contributed by atoms with van der Waals surface area (Å²) in [5.41, 5.74) is 5.47. The lowest BCUT2D eigenvalue weighted by molar-refractivity contribution is 0.0695. The van der Waals surface area contributed by atoms with Crippen LogP contribution in [0.4, 0.5) is 13.9 Å². The zero-order chi connectivity index (χ0) is 11.4. The molecule has 0 bridgehead atoms. The van der Waals surface area contributed by atoms with Crippen LogP contribution in [0.5, 0.6) is 0 Å². The molecule has 0 aliphatic carbocycles. The Balaban J connectivity index is 0.00000225. The summed E-state index contributed by atoms with van der Waals surface area (Å²) >= 11 is 1.34. The van der Waals surface area contributed by atoms with Gasteiger partial charge >= 0.3 is 0 Å². The topological polar surface area (TPSA) is 42.2 Å². The van der Waals surface area contributed by atoms with Gasteiger partial charge in [-0.15, -0.1) is 23.7 Å². The normalized spacial score (nSPS) is 11.2. The highest BCUT2D eigenvalue weighted by Gasteiger charge is 2.16. The minimum absolute atomic E-state index is 0. The zero-order valence-corrected chi connectivity index (χ0v) is 10.8. The lowest BCUT2D eigenvalue weighted by Gasteiger charge is -2.24. The lowest BCUT2D eigenvalue weighted by atomic mass is 10.3. The molecule has 1 heterocycles. The number of alkyl halides is 2. The fraction of sp³-hybridized carbons (Fsp3) is 0.667. The molecule has 3 nitrogen and oxygen atoms in total. The predicted molar refractivity (Wildman–Crippen MR) is 65.3 cm³/mol. The number of nitrogens with two attached hydrogens (primary N) is 1. The van der Waals surface area contributed by atoms with Crippen molar-refractivity contribution < 1.29 is 8.78 Å². The molecule has 0 fully saturated rings. The van der Waals surface area contributed by atoms with E-state index in [1.165, 1.54) is 11.3 Å². The first kappa shape index (κ1) is 15.5. The summed E-state index contributed by atoms with van der Waals surface area (Å²) in [5, 5.41) is 0.478. The van der Waals surface area contributed by atoms with E-state index >= 15 is 0 Å². The van der Waals surface area contributed by atoms with E-state index in [9.17, 15) is 8.78 Å². The molecule has 0 saturated carbocycles. The molecule has 94 valence electrons. The van der Waals surface area contributed by atoms with Crippen LogP contribution in [0.1, 0.15) is 18.7 Å². The van der Waals surface area contributed by atoms with E-state index in [0.29, 0.717) is 11.7 Å². The molecule has 0 radical (unpaired) electrons. The Kier molecular flexibility index (Phi) is 6.78. The Morgan fingerprint density at radius 1 is 1.50 bits per heavy atom. The van der Waals surface area contributed by atoms with Gasteiger partial charge in [0.15, 0.2) is 5.13 Å². The van der Waals surface area contributed by atoms with Crippen molar-refractivity contribution in [1.29, 1.82) is 0 Å².